The van der Waals surface area contributed by atoms with E-state index < -0.39 is 5.97 Å². The number of benzene rings is 1. The summed E-state index contributed by atoms with van der Waals surface area (Å²) >= 11 is 1.57. The second kappa shape index (κ2) is 7.98. The van der Waals surface area contributed by atoms with Crippen molar-refractivity contribution in [2.75, 3.05) is 7.11 Å². The van der Waals surface area contributed by atoms with Gasteiger partial charge in [-0.2, -0.15) is 0 Å². The number of esters is 1. The molecule has 1 aromatic carbocycles. The van der Waals surface area contributed by atoms with E-state index in [9.17, 15) is 9.59 Å². The molecule has 1 aliphatic rings. The number of aromatic nitrogens is 2. The van der Waals surface area contributed by atoms with Gasteiger partial charge in [0.1, 0.15) is 23.0 Å². The van der Waals surface area contributed by atoms with Crippen molar-refractivity contribution in [3.8, 4) is 5.75 Å². The Kier molecular flexibility index (Phi) is 5.25. The van der Waals surface area contributed by atoms with E-state index in [2.05, 4.69) is 9.97 Å². The first-order valence-corrected chi connectivity index (χ1v) is 9.98. The number of methoxy groups -OCH3 is 1. The monoisotopic (exact) mass is 396 g/mol. The molecular weight excluding hydrogens is 376 g/mol. The lowest BCUT2D eigenvalue weighted by atomic mass is 9.97. The first kappa shape index (κ1) is 18.4. The lowest BCUT2D eigenvalue weighted by Gasteiger charge is -2.09. The molecule has 144 valence electrons. The van der Waals surface area contributed by atoms with Crippen molar-refractivity contribution in [1.29, 1.82) is 0 Å². The van der Waals surface area contributed by atoms with E-state index in [4.69, 9.17) is 9.47 Å². The van der Waals surface area contributed by atoms with E-state index in [0.717, 1.165) is 41.6 Å². The minimum atomic E-state index is -0.515. The fourth-order valence-corrected chi connectivity index (χ4v) is 4.71. The highest BCUT2D eigenvalue weighted by atomic mass is 32.1. The van der Waals surface area contributed by atoms with Crippen LogP contribution in [0.15, 0.2) is 35.1 Å². The van der Waals surface area contributed by atoms with Crippen LogP contribution in [0.2, 0.25) is 0 Å². The number of nitrogens with one attached hydrogen (secondary N) is 1. The standard InChI is InChI=1S/C21H20N2O4S/c1-26-15-8-4-2-6-13(15)10-11-18(24)27-12-17-22-20(25)19-14-7-3-5-9-16(14)28-21(19)23-17/h2,4,6,8,10-11H,3,5,7,9,12H2,1H3,(H,22,23,25)/b11-10+. The molecule has 6 nitrogen and oxygen atoms in total. The Labute approximate surface area is 165 Å². The number of para-hydroxylation sites is 1. The number of H-pyrrole nitrogens is 1. The number of rotatable bonds is 5. The molecule has 0 aliphatic heterocycles. The Hall–Kier alpha value is -2.93. The summed E-state index contributed by atoms with van der Waals surface area (Å²) < 4.78 is 10.5. The molecule has 7 heteroatoms. The fourth-order valence-electron chi connectivity index (χ4n) is 3.43. The third-order valence-corrected chi connectivity index (χ3v) is 5.95. The van der Waals surface area contributed by atoms with Gasteiger partial charge in [0.15, 0.2) is 0 Å². The summed E-state index contributed by atoms with van der Waals surface area (Å²) in [6.07, 6.45) is 7.17. The Balaban J connectivity index is 1.47. The van der Waals surface area contributed by atoms with Crippen LogP contribution in [-0.4, -0.2) is 23.0 Å². The van der Waals surface area contributed by atoms with Gasteiger partial charge in [-0.3, -0.25) is 4.79 Å². The van der Waals surface area contributed by atoms with E-state index in [1.807, 2.05) is 24.3 Å². The number of aromatic amines is 1. The van der Waals surface area contributed by atoms with Crippen LogP contribution in [0.3, 0.4) is 0 Å². The molecule has 1 N–H and O–H groups in total. The number of hydrogen-bond donors (Lipinski definition) is 1. The number of nitrogens with zero attached hydrogens (tertiary/aromatic N) is 1. The molecule has 1 aliphatic carbocycles. The quantitative estimate of drug-likeness (QED) is 0.526. The van der Waals surface area contributed by atoms with Crippen molar-refractivity contribution in [3.05, 3.63) is 62.5 Å². The predicted octanol–water partition coefficient (Wildman–Crippen LogP) is 3.63. The van der Waals surface area contributed by atoms with Crippen LogP contribution in [0.25, 0.3) is 16.3 Å². The first-order chi connectivity index (χ1) is 13.7. The maximum absolute atomic E-state index is 12.5. The van der Waals surface area contributed by atoms with Crippen molar-refractivity contribution < 1.29 is 14.3 Å². The molecule has 0 saturated carbocycles. The van der Waals surface area contributed by atoms with Crippen LogP contribution >= 0.6 is 11.3 Å². The summed E-state index contributed by atoms with van der Waals surface area (Å²) in [6, 6.07) is 7.37. The van der Waals surface area contributed by atoms with Crippen molar-refractivity contribution >= 4 is 33.6 Å². The molecule has 0 unspecified atom stereocenters. The third-order valence-electron chi connectivity index (χ3n) is 4.76. The Morgan fingerprint density at radius 2 is 2.11 bits per heavy atom. The van der Waals surface area contributed by atoms with E-state index in [-0.39, 0.29) is 12.2 Å². The molecule has 0 spiro atoms. The normalized spacial score (nSPS) is 13.6. The zero-order valence-corrected chi connectivity index (χ0v) is 16.3. The molecule has 0 fully saturated rings. The van der Waals surface area contributed by atoms with Crippen molar-refractivity contribution in [3.63, 3.8) is 0 Å². The molecule has 28 heavy (non-hydrogen) atoms. The maximum Gasteiger partial charge on any atom is 0.331 e. The van der Waals surface area contributed by atoms with Gasteiger partial charge in [-0.05, 0) is 43.4 Å². The SMILES string of the molecule is COc1ccccc1/C=C/C(=O)OCc1nc2sc3c(c2c(=O)[nH]1)CCCC3. The van der Waals surface area contributed by atoms with Gasteiger partial charge in [0.25, 0.3) is 5.56 Å². The highest BCUT2D eigenvalue weighted by Gasteiger charge is 2.19. The van der Waals surface area contributed by atoms with Crippen LogP contribution in [0.4, 0.5) is 0 Å². The second-order valence-electron chi connectivity index (χ2n) is 6.59. The second-order valence-corrected chi connectivity index (χ2v) is 7.67. The molecule has 0 saturated heterocycles. The van der Waals surface area contributed by atoms with Crippen molar-refractivity contribution in [1.82, 2.24) is 9.97 Å². The molecule has 2 heterocycles. The largest absolute Gasteiger partial charge is 0.496 e. The maximum atomic E-state index is 12.5. The molecule has 2 aromatic heterocycles. The molecule has 0 amide bonds. The summed E-state index contributed by atoms with van der Waals surface area (Å²) in [5, 5.41) is 0.700. The summed E-state index contributed by atoms with van der Waals surface area (Å²) in [6.45, 7) is -0.0805. The van der Waals surface area contributed by atoms with Crippen molar-refractivity contribution in [2.45, 2.75) is 32.3 Å². The van der Waals surface area contributed by atoms with Gasteiger partial charge in [0, 0.05) is 16.5 Å². The molecule has 4 rings (SSSR count). The summed E-state index contributed by atoms with van der Waals surface area (Å²) in [5.74, 6) is 0.513. The van der Waals surface area contributed by atoms with Crippen LogP contribution in [0.1, 0.15) is 34.7 Å². The average Bonchev–Trinajstić information content (AvgIpc) is 3.09. The number of ether oxygens (including phenoxy) is 2. The van der Waals surface area contributed by atoms with Gasteiger partial charge in [0.2, 0.25) is 0 Å². The van der Waals surface area contributed by atoms with Gasteiger partial charge in [0.05, 0.1) is 12.5 Å². The molecule has 0 atom stereocenters. The van der Waals surface area contributed by atoms with Gasteiger partial charge >= 0.3 is 5.97 Å². The highest BCUT2D eigenvalue weighted by Crippen LogP contribution is 2.33. The molecule has 0 bridgehead atoms. The number of carbonyl (C=O) groups excluding carboxylic acids is 1. The first-order valence-electron chi connectivity index (χ1n) is 9.17. The fraction of sp³-hybridized carbons (Fsp3) is 0.286. The average molecular weight is 396 g/mol. The van der Waals surface area contributed by atoms with Gasteiger partial charge in [-0.25, -0.2) is 9.78 Å². The van der Waals surface area contributed by atoms with Crippen molar-refractivity contribution in [2.24, 2.45) is 0 Å². The smallest absolute Gasteiger partial charge is 0.331 e. The van der Waals surface area contributed by atoms with Crippen LogP contribution in [-0.2, 0) is 29.0 Å². The van der Waals surface area contributed by atoms with Gasteiger partial charge < -0.3 is 14.5 Å². The van der Waals surface area contributed by atoms with Gasteiger partial charge in [-0.15, -0.1) is 11.3 Å². The van der Waals surface area contributed by atoms with Crippen LogP contribution in [0.5, 0.6) is 5.75 Å². The van der Waals surface area contributed by atoms with E-state index >= 15 is 0 Å². The topological polar surface area (TPSA) is 81.3 Å². The Morgan fingerprint density at radius 3 is 2.96 bits per heavy atom. The van der Waals surface area contributed by atoms with Crippen LogP contribution in [0, 0.1) is 0 Å². The lowest BCUT2D eigenvalue weighted by molar-refractivity contribution is -0.139. The predicted molar refractivity (Wildman–Crippen MR) is 109 cm³/mol. The number of hydrogen-bond acceptors (Lipinski definition) is 6. The van der Waals surface area contributed by atoms with Gasteiger partial charge in [-0.1, -0.05) is 18.2 Å². The number of thiophene rings is 1. The summed E-state index contributed by atoms with van der Waals surface area (Å²) in [4.78, 5) is 33.8. The van der Waals surface area contributed by atoms with E-state index in [0.29, 0.717) is 17.0 Å². The minimum absolute atomic E-state index is 0.0805. The summed E-state index contributed by atoms with van der Waals surface area (Å²) in [7, 11) is 1.57. The van der Waals surface area contributed by atoms with Crippen LogP contribution < -0.4 is 10.3 Å². The zero-order chi connectivity index (χ0) is 19.5. The third kappa shape index (κ3) is 3.71. The lowest BCUT2D eigenvalue weighted by Crippen LogP contribution is -2.14. The Morgan fingerprint density at radius 1 is 1.29 bits per heavy atom. The number of carbonyl (C=O) groups is 1. The van der Waals surface area contributed by atoms with E-state index in [1.54, 1.807) is 24.5 Å². The molecular formula is C21H20N2O4S. The van der Waals surface area contributed by atoms with E-state index in [1.165, 1.54) is 11.0 Å². The zero-order valence-electron chi connectivity index (χ0n) is 15.5. The number of aryl methyl sites for hydroxylation is 2. The molecule has 0 radical (unpaired) electrons. The highest BCUT2D eigenvalue weighted by molar-refractivity contribution is 7.18. The number of fused-ring (bicyclic) bond motifs is 3. The minimum Gasteiger partial charge on any atom is -0.496 e. The Bertz CT molecular complexity index is 1110. The summed E-state index contributed by atoms with van der Waals surface area (Å²) in [5.41, 5.74) is 1.77. The molecule has 3 aromatic rings.